The summed E-state index contributed by atoms with van der Waals surface area (Å²) < 4.78 is 18.4. The molecule has 0 bridgehead atoms. The number of rotatable bonds is 10. The summed E-state index contributed by atoms with van der Waals surface area (Å²) in [5, 5.41) is 6.83. The first-order valence-electron chi connectivity index (χ1n) is 17.9. The predicted octanol–water partition coefficient (Wildman–Crippen LogP) is 8.39. The molecule has 1 aromatic heterocycles. The van der Waals surface area contributed by atoms with Gasteiger partial charge in [-0.1, -0.05) is 18.2 Å². The van der Waals surface area contributed by atoms with Crippen molar-refractivity contribution in [3.8, 4) is 17.2 Å². The molecule has 0 aliphatic carbocycles. The zero-order valence-corrected chi connectivity index (χ0v) is 30.4. The van der Waals surface area contributed by atoms with E-state index in [-0.39, 0.29) is 16.9 Å². The third kappa shape index (κ3) is 5.25. The molecule has 2 aliphatic heterocycles. The van der Waals surface area contributed by atoms with Crippen LogP contribution in [0.4, 0.5) is 11.4 Å². The number of aryl methyl sites for hydroxylation is 2. The first kappa shape index (κ1) is 33.9. The lowest BCUT2D eigenvalue weighted by Crippen LogP contribution is -2.45. The molecule has 51 heavy (non-hydrogen) atoms. The second-order valence-corrected chi connectivity index (χ2v) is 12.9. The van der Waals surface area contributed by atoms with Gasteiger partial charge < -0.3 is 23.7 Å². The number of nitrogens with zero attached hydrogens (tertiary/aromatic N) is 4. The van der Waals surface area contributed by atoms with Gasteiger partial charge in [-0.05, 0) is 96.0 Å². The molecule has 0 atom stereocenters. The Balaban J connectivity index is 1.51. The molecule has 9 nitrogen and oxygen atoms in total. The number of carbonyl (C=O) groups is 1. The number of benzene rings is 4. The highest BCUT2D eigenvalue weighted by Gasteiger charge is 2.57. The van der Waals surface area contributed by atoms with Gasteiger partial charge >= 0.3 is 0 Å². The van der Waals surface area contributed by atoms with E-state index in [4.69, 9.17) is 19.0 Å². The Hall–Kier alpha value is -5.57. The van der Waals surface area contributed by atoms with Crippen LogP contribution < -0.4 is 24.7 Å². The first-order chi connectivity index (χ1) is 24.7. The van der Waals surface area contributed by atoms with Gasteiger partial charge in [-0.25, -0.2) is 5.01 Å². The minimum Gasteiger partial charge on any atom is -0.494 e. The molecule has 0 unspecified atom stereocenters. The fourth-order valence-corrected chi connectivity index (χ4v) is 7.78. The molecule has 0 saturated heterocycles. The Kier molecular flexibility index (Phi) is 8.83. The standard InChI is InChI=1S/C42H44N4O5/c1-8-44(9-2)35-22-38-33(19-26(35)6)42(34-20-27(7)36(23-39(34)51-38)45(10-3)11-4)32-16-14-13-15-30(32)41(48)46(42)43-24-28-25-50-37-18-17-29(49-12-5)21-31(37)40(28)47/h13-25H,8-12H2,1-7H3/b43-24+. The van der Waals surface area contributed by atoms with Gasteiger partial charge in [-0.2, -0.15) is 5.10 Å². The fourth-order valence-electron chi connectivity index (χ4n) is 7.78. The van der Waals surface area contributed by atoms with Crippen molar-refractivity contribution in [2.75, 3.05) is 42.6 Å². The highest BCUT2D eigenvalue weighted by atomic mass is 16.5. The van der Waals surface area contributed by atoms with Crippen LogP contribution in [0.15, 0.2) is 87.3 Å². The Labute approximate surface area is 298 Å². The molecule has 1 spiro atoms. The molecule has 0 saturated carbocycles. The van der Waals surface area contributed by atoms with Gasteiger partial charge in [0.2, 0.25) is 5.43 Å². The number of amides is 1. The lowest BCUT2D eigenvalue weighted by molar-refractivity contribution is 0.0675. The largest absolute Gasteiger partial charge is 0.494 e. The normalized spacial score (nSPS) is 14.1. The highest BCUT2D eigenvalue weighted by molar-refractivity contribution is 6.03. The van der Waals surface area contributed by atoms with Gasteiger partial charge in [0, 0.05) is 71.9 Å². The molecule has 2 aliphatic rings. The van der Waals surface area contributed by atoms with Crippen LogP contribution in [0.3, 0.4) is 0 Å². The molecule has 0 fully saturated rings. The summed E-state index contributed by atoms with van der Waals surface area (Å²) in [6, 6.07) is 21.3. The lowest BCUT2D eigenvalue weighted by atomic mass is 9.74. The number of hydrazone groups is 1. The van der Waals surface area contributed by atoms with Gasteiger partial charge in [0.1, 0.15) is 34.6 Å². The van der Waals surface area contributed by atoms with Crippen molar-refractivity contribution in [1.29, 1.82) is 0 Å². The van der Waals surface area contributed by atoms with Crippen molar-refractivity contribution in [2.45, 2.75) is 54.0 Å². The molecule has 0 N–H and O–H groups in total. The van der Waals surface area contributed by atoms with E-state index in [0.29, 0.717) is 40.4 Å². The maximum atomic E-state index is 14.7. The molecular weight excluding hydrogens is 640 g/mol. The van der Waals surface area contributed by atoms with E-state index < -0.39 is 5.54 Å². The Morgan fingerprint density at radius 2 is 1.39 bits per heavy atom. The van der Waals surface area contributed by atoms with E-state index in [1.165, 1.54) is 17.5 Å². The van der Waals surface area contributed by atoms with Crippen LogP contribution >= 0.6 is 0 Å². The molecule has 7 rings (SSSR count). The summed E-state index contributed by atoms with van der Waals surface area (Å²) in [6.45, 7) is 18.5. The minimum absolute atomic E-state index is 0.212. The van der Waals surface area contributed by atoms with E-state index in [1.807, 2.05) is 31.2 Å². The van der Waals surface area contributed by atoms with Crippen molar-refractivity contribution >= 4 is 34.5 Å². The van der Waals surface area contributed by atoms with Crippen LogP contribution in [-0.4, -0.2) is 49.9 Å². The van der Waals surface area contributed by atoms with Crippen molar-refractivity contribution in [1.82, 2.24) is 5.01 Å². The number of carbonyl (C=O) groups excluding carboxylic acids is 1. The van der Waals surface area contributed by atoms with Gasteiger partial charge in [-0.15, -0.1) is 0 Å². The maximum Gasteiger partial charge on any atom is 0.275 e. The zero-order valence-electron chi connectivity index (χ0n) is 30.4. The van der Waals surface area contributed by atoms with Crippen molar-refractivity contribution in [3.63, 3.8) is 0 Å². The summed E-state index contributed by atoms with van der Waals surface area (Å²) in [7, 11) is 0. The average Bonchev–Trinajstić information content (AvgIpc) is 3.38. The number of ether oxygens (including phenoxy) is 2. The summed E-state index contributed by atoms with van der Waals surface area (Å²) in [4.78, 5) is 33.1. The highest BCUT2D eigenvalue weighted by Crippen LogP contribution is 2.59. The predicted molar refractivity (Wildman–Crippen MR) is 203 cm³/mol. The van der Waals surface area contributed by atoms with Crippen LogP contribution in [0.5, 0.6) is 17.2 Å². The minimum atomic E-state index is -1.19. The average molecular weight is 685 g/mol. The summed E-state index contributed by atoms with van der Waals surface area (Å²) in [5.74, 6) is 1.61. The second kappa shape index (κ2) is 13.3. The zero-order chi connectivity index (χ0) is 36.0. The maximum absolute atomic E-state index is 14.7. The van der Waals surface area contributed by atoms with Crippen molar-refractivity contribution in [2.24, 2.45) is 5.10 Å². The van der Waals surface area contributed by atoms with E-state index in [1.54, 1.807) is 18.2 Å². The molecule has 9 heteroatoms. The molecule has 5 aromatic rings. The van der Waals surface area contributed by atoms with E-state index >= 15 is 0 Å². The van der Waals surface area contributed by atoms with Gasteiger partial charge in [-0.3, -0.25) is 9.59 Å². The van der Waals surface area contributed by atoms with Gasteiger partial charge in [0.05, 0.1) is 23.8 Å². The topological polar surface area (TPSA) is 87.8 Å². The van der Waals surface area contributed by atoms with E-state index in [9.17, 15) is 9.59 Å². The van der Waals surface area contributed by atoms with Crippen LogP contribution in [0.1, 0.15) is 78.4 Å². The van der Waals surface area contributed by atoms with Crippen LogP contribution in [0.25, 0.3) is 11.0 Å². The number of hydrogen-bond donors (Lipinski definition) is 0. The quantitative estimate of drug-likeness (QED) is 0.137. The second-order valence-electron chi connectivity index (χ2n) is 12.9. The Morgan fingerprint density at radius 1 is 0.784 bits per heavy atom. The summed E-state index contributed by atoms with van der Waals surface area (Å²) >= 11 is 0. The van der Waals surface area contributed by atoms with Gasteiger partial charge in [0.15, 0.2) is 0 Å². The molecule has 1 amide bonds. The fraction of sp³-hybridized carbons (Fsp3) is 0.310. The van der Waals surface area contributed by atoms with Crippen LogP contribution in [-0.2, 0) is 5.54 Å². The Morgan fingerprint density at radius 3 is 1.98 bits per heavy atom. The first-order valence-corrected chi connectivity index (χ1v) is 17.9. The smallest absolute Gasteiger partial charge is 0.275 e. The van der Waals surface area contributed by atoms with E-state index in [2.05, 4.69) is 75.6 Å². The summed E-state index contributed by atoms with van der Waals surface area (Å²) in [6.07, 6.45) is 2.83. The van der Waals surface area contributed by atoms with Crippen molar-refractivity contribution in [3.05, 3.63) is 122 Å². The molecule has 0 radical (unpaired) electrons. The number of hydrogen-bond acceptors (Lipinski definition) is 8. The SMILES string of the molecule is CCOc1ccc2occ(/C=N/N3C(=O)c4ccccc4C34c3cc(C)c(N(CC)CC)cc3Oc3cc(N(CC)CC)c(C)cc34)c(=O)c2c1. The number of fused-ring (bicyclic) bond motifs is 7. The van der Waals surface area contributed by atoms with E-state index in [0.717, 1.165) is 65.4 Å². The molecular formula is C42H44N4O5. The Bertz CT molecular complexity index is 2180. The molecule has 262 valence electrons. The lowest BCUT2D eigenvalue weighted by Gasteiger charge is -2.43. The van der Waals surface area contributed by atoms with Crippen LogP contribution in [0, 0.1) is 13.8 Å². The molecule has 4 aromatic carbocycles. The third-order valence-corrected chi connectivity index (χ3v) is 10.3. The van der Waals surface area contributed by atoms with Gasteiger partial charge in [0.25, 0.3) is 5.91 Å². The van der Waals surface area contributed by atoms with Crippen LogP contribution in [0.2, 0.25) is 0 Å². The monoisotopic (exact) mass is 684 g/mol. The third-order valence-electron chi connectivity index (χ3n) is 10.3. The van der Waals surface area contributed by atoms with Crippen molar-refractivity contribution < 1.29 is 18.7 Å². The number of anilines is 2. The molecule has 3 heterocycles. The summed E-state index contributed by atoms with van der Waals surface area (Å²) in [5.41, 5.74) is 6.40.